The van der Waals surface area contributed by atoms with Crippen molar-refractivity contribution >= 4 is 12.4 Å². The number of halogens is 1. The predicted octanol–water partition coefficient (Wildman–Crippen LogP) is 2.67. The van der Waals surface area contributed by atoms with Crippen LogP contribution >= 0.6 is 12.4 Å². The molecule has 3 nitrogen and oxygen atoms in total. The van der Waals surface area contributed by atoms with E-state index in [0.717, 1.165) is 11.3 Å². The average molecular weight is 260 g/mol. The topological polar surface area (TPSA) is 55.5 Å². The number of benzene rings is 1. The van der Waals surface area contributed by atoms with Crippen LogP contribution in [0.1, 0.15) is 39.3 Å². The molecular formula is C13H22ClNO2. The third-order valence-electron chi connectivity index (χ3n) is 2.21. The minimum atomic E-state index is -0.547. The van der Waals surface area contributed by atoms with Gasteiger partial charge in [-0.25, -0.2) is 0 Å². The summed E-state index contributed by atoms with van der Waals surface area (Å²) in [5.74, 6) is 0.814. The lowest BCUT2D eigenvalue weighted by molar-refractivity contribution is 0.130. The maximum atomic E-state index is 9.37. The first-order valence-corrected chi connectivity index (χ1v) is 5.52. The van der Waals surface area contributed by atoms with E-state index < -0.39 is 6.10 Å². The Labute approximate surface area is 109 Å². The van der Waals surface area contributed by atoms with Crippen LogP contribution in [0.3, 0.4) is 0 Å². The minimum Gasteiger partial charge on any atom is -0.488 e. The van der Waals surface area contributed by atoms with Crippen molar-refractivity contribution in [1.29, 1.82) is 0 Å². The number of aliphatic hydroxyl groups is 1. The van der Waals surface area contributed by atoms with Crippen LogP contribution in [0.5, 0.6) is 5.75 Å². The van der Waals surface area contributed by atoms with Gasteiger partial charge in [0.25, 0.3) is 0 Å². The molecule has 17 heavy (non-hydrogen) atoms. The highest BCUT2D eigenvalue weighted by Gasteiger charge is 2.14. The Morgan fingerprint density at radius 2 is 1.65 bits per heavy atom. The highest BCUT2D eigenvalue weighted by atomic mass is 35.5. The van der Waals surface area contributed by atoms with Crippen LogP contribution in [0, 0.1) is 0 Å². The van der Waals surface area contributed by atoms with Crippen molar-refractivity contribution in [3.05, 3.63) is 29.8 Å². The molecule has 98 valence electrons. The van der Waals surface area contributed by atoms with Gasteiger partial charge in [0.2, 0.25) is 0 Å². The molecule has 0 aromatic heterocycles. The molecule has 0 aliphatic rings. The monoisotopic (exact) mass is 259 g/mol. The van der Waals surface area contributed by atoms with Gasteiger partial charge in [0, 0.05) is 0 Å². The molecule has 0 amide bonds. The average Bonchev–Trinajstić information content (AvgIpc) is 2.15. The lowest BCUT2D eigenvalue weighted by atomic mass is 10.0. The van der Waals surface area contributed by atoms with Gasteiger partial charge in [-0.15, -0.1) is 12.4 Å². The van der Waals surface area contributed by atoms with Gasteiger partial charge < -0.3 is 15.6 Å². The molecule has 0 aliphatic heterocycles. The Bertz CT molecular complexity index is 330. The lowest BCUT2D eigenvalue weighted by Gasteiger charge is -2.22. The van der Waals surface area contributed by atoms with Crippen molar-refractivity contribution in [2.24, 2.45) is 5.73 Å². The van der Waals surface area contributed by atoms with E-state index in [2.05, 4.69) is 0 Å². The Morgan fingerprint density at radius 3 is 2.00 bits per heavy atom. The Morgan fingerprint density at radius 1 is 1.18 bits per heavy atom. The third kappa shape index (κ3) is 5.39. The number of ether oxygens (including phenoxy) is 1. The summed E-state index contributed by atoms with van der Waals surface area (Å²) in [6, 6.07) is 7.19. The highest BCUT2D eigenvalue weighted by molar-refractivity contribution is 5.85. The molecular weight excluding hydrogens is 238 g/mol. The second-order valence-corrected chi connectivity index (χ2v) is 5.05. The van der Waals surface area contributed by atoms with E-state index >= 15 is 0 Å². The van der Waals surface area contributed by atoms with Crippen LogP contribution in [0.25, 0.3) is 0 Å². The van der Waals surface area contributed by atoms with Crippen LogP contribution in [0.4, 0.5) is 0 Å². The van der Waals surface area contributed by atoms with Crippen molar-refractivity contribution in [2.45, 2.75) is 45.4 Å². The second kappa shape index (κ2) is 6.24. The third-order valence-corrected chi connectivity index (χ3v) is 2.21. The first-order valence-electron chi connectivity index (χ1n) is 5.52. The van der Waals surface area contributed by atoms with E-state index in [1.165, 1.54) is 0 Å². The Balaban J connectivity index is 0.00000256. The fourth-order valence-corrected chi connectivity index (χ4v) is 1.39. The van der Waals surface area contributed by atoms with Crippen LogP contribution in [-0.2, 0) is 0 Å². The van der Waals surface area contributed by atoms with Crippen molar-refractivity contribution in [1.82, 2.24) is 0 Å². The van der Waals surface area contributed by atoms with Crippen molar-refractivity contribution in [3.8, 4) is 5.75 Å². The van der Waals surface area contributed by atoms with Crippen LogP contribution in [0.15, 0.2) is 24.3 Å². The van der Waals surface area contributed by atoms with E-state index in [9.17, 15) is 5.11 Å². The molecule has 0 unspecified atom stereocenters. The lowest BCUT2D eigenvalue weighted by Crippen LogP contribution is -2.24. The van der Waals surface area contributed by atoms with Crippen LogP contribution in [0.2, 0.25) is 0 Å². The van der Waals surface area contributed by atoms with Gasteiger partial charge >= 0.3 is 0 Å². The Hall–Kier alpha value is -0.770. The van der Waals surface area contributed by atoms with E-state index in [1.807, 2.05) is 45.0 Å². The summed E-state index contributed by atoms with van der Waals surface area (Å²) in [5.41, 5.74) is 6.54. The van der Waals surface area contributed by atoms with Crippen LogP contribution in [-0.4, -0.2) is 16.8 Å². The fraction of sp³-hybridized carbons (Fsp3) is 0.538. The van der Waals surface area contributed by atoms with Gasteiger partial charge in [0.05, 0.1) is 12.1 Å². The summed E-state index contributed by atoms with van der Waals surface area (Å²) in [6.45, 7) is 7.69. The van der Waals surface area contributed by atoms with Gasteiger partial charge in [0.15, 0.2) is 0 Å². The summed E-state index contributed by atoms with van der Waals surface area (Å²) < 4.78 is 5.69. The second-order valence-electron chi connectivity index (χ2n) is 5.05. The van der Waals surface area contributed by atoms with Gasteiger partial charge in [-0.3, -0.25) is 0 Å². The van der Waals surface area contributed by atoms with Gasteiger partial charge in [-0.2, -0.15) is 0 Å². The molecule has 0 heterocycles. The zero-order valence-electron chi connectivity index (χ0n) is 10.8. The van der Waals surface area contributed by atoms with E-state index in [4.69, 9.17) is 10.5 Å². The molecule has 4 heteroatoms. The number of hydrogen-bond donors (Lipinski definition) is 2. The van der Waals surface area contributed by atoms with Crippen molar-refractivity contribution in [3.63, 3.8) is 0 Å². The molecule has 0 bridgehead atoms. The molecule has 0 saturated carbocycles. The molecule has 0 radical (unpaired) electrons. The SMILES string of the molecule is C[C@@H](O)[C@@H](N)c1ccc(OC(C)(C)C)cc1.Cl. The van der Waals surface area contributed by atoms with Crippen LogP contribution < -0.4 is 10.5 Å². The van der Waals surface area contributed by atoms with Crippen molar-refractivity contribution < 1.29 is 9.84 Å². The summed E-state index contributed by atoms with van der Waals surface area (Å²) in [5, 5.41) is 9.37. The number of rotatable bonds is 3. The summed E-state index contributed by atoms with van der Waals surface area (Å²) in [7, 11) is 0. The maximum Gasteiger partial charge on any atom is 0.120 e. The summed E-state index contributed by atoms with van der Waals surface area (Å²) >= 11 is 0. The largest absolute Gasteiger partial charge is 0.488 e. The zero-order chi connectivity index (χ0) is 12.3. The number of nitrogens with two attached hydrogens (primary N) is 1. The highest BCUT2D eigenvalue weighted by Crippen LogP contribution is 2.21. The molecule has 0 saturated heterocycles. The Kier molecular flexibility index (Phi) is 5.96. The quantitative estimate of drug-likeness (QED) is 0.878. The first kappa shape index (κ1) is 16.2. The van der Waals surface area contributed by atoms with E-state index in [1.54, 1.807) is 6.92 Å². The van der Waals surface area contributed by atoms with Crippen molar-refractivity contribution in [2.75, 3.05) is 0 Å². The molecule has 3 N–H and O–H groups in total. The maximum absolute atomic E-state index is 9.37. The van der Waals surface area contributed by atoms with Gasteiger partial charge in [-0.05, 0) is 45.4 Å². The molecule has 0 spiro atoms. The summed E-state index contributed by atoms with van der Waals surface area (Å²) in [6.07, 6.45) is -0.547. The molecule has 1 rings (SSSR count). The van der Waals surface area contributed by atoms with E-state index in [-0.39, 0.29) is 24.0 Å². The smallest absolute Gasteiger partial charge is 0.120 e. The fourth-order valence-electron chi connectivity index (χ4n) is 1.39. The number of aliphatic hydroxyl groups excluding tert-OH is 1. The standard InChI is InChI=1S/C13H21NO2.ClH/c1-9(15)12(14)10-5-7-11(8-6-10)16-13(2,3)4;/h5-9,12,15H,14H2,1-4H3;1H/t9-,12-;/m1./s1. The molecule has 0 fully saturated rings. The summed E-state index contributed by atoms with van der Waals surface area (Å²) in [4.78, 5) is 0. The zero-order valence-corrected chi connectivity index (χ0v) is 11.6. The molecule has 1 aromatic rings. The first-order chi connectivity index (χ1) is 7.29. The van der Waals surface area contributed by atoms with Gasteiger partial charge in [0.1, 0.15) is 11.4 Å². The molecule has 0 aliphatic carbocycles. The normalized spacial score (nSPS) is 14.7. The van der Waals surface area contributed by atoms with Gasteiger partial charge in [-0.1, -0.05) is 12.1 Å². The molecule has 2 atom stereocenters. The van der Waals surface area contributed by atoms with E-state index in [0.29, 0.717) is 0 Å². The number of hydrogen-bond acceptors (Lipinski definition) is 3. The predicted molar refractivity (Wildman–Crippen MR) is 72.7 cm³/mol. The molecule has 1 aromatic carbocycles. The minimum absolute atomic E-state index is 0.